The van der Waals surface area contributed by atoms with E-state index in [2.05, 4.69) is 5.32 Å². The van der Waals surface area contributed by atoms with Crippen LogP contribution in [0.3, 0.4) is 0 Å². The smallest absolute Gasteiger partial charge is 0.244 e. The van der Waals surface area contributed by atoms with Crippen LogP contribution in [0.15, 0.2) is 48.5 Å². The van der Waals surface area contributed by atoms with Crippen LogP contribution in [0.25, 0.3) is 0 Å². The van der Waals surface area contributed by atoms with Gasteiger partial charge in [0.15, 0.2) is 0 Å². The molecule has 2 amide bonds. The Labute approximate surface area is 199 Å². The number of carbonyl (C=O) groups is 2. The van der Waals surface area contributed by atoms with Crippen molar-refractivity contribution in [2.45, 2.75) is 39.3 Å². The van der Waals surface area contributed by atoms with Crippen LogP contribution in [0, 0.1) is 5.82 Å². The molecule has 0 heterocycles. The number of unbranched alkanes of at least 4 members (excludes halogenated alkanes) is 1. The Kier molecular flexibility index (Phi) is 9.67. The first-order chi connectivity index (χ1) is 15.5. The van der Waals surface area contributed by atoms with Gasteiger partial charge in [-0.05, 0) is 55.3 Å². The first-order valence-corrected chi connectivity index (χ1v) is 12.8. The Morgan fingerprint density at radius 1 is 1.09 bits per heavy atom. The maximum Gasteiger partial charge on any atom is 0.244 e. The van der Waals surface area contributed by atoms with E-state index >= 15 is 0 Å². The fraction of sp³-hybridized carbons (Fsp3) is 0.391. The molecule has 0 spiro atoms. The lowest BCUT2D eigenvalue weighted by Crippen LogP contribution is -2.51. The topological polar surface area (TPSA) is 86.8 Å². The van der Waals surface area contributed by atoms with E-state index < -0.39 is 34.3 Å². The molecule has 0 fully saturated rings. The van der Waals surface area contributed by atoms with Gasteiger partial charge in [-0.2, -0.15) is 0 Å². The first kappa shape index (κ1) is 26.6. The summed E-state index contributed by atoms with van der Waals surface area (Å²) in [4.78, 5) is 27.3. The number of nitrogens with zero attached hydrogens (tertiary/aromatic N) is 2. The molecule has 2 rings (SSSR count). The van der Waals surface area contributed by atoms with Crippen LogP contribution in [0.5, 0.6) is 0 Å². The molecule has 0 aliphatic heterocycles. The van der Waals surface area contributed by atoms with Crippen LogP contribution in [-0.2, 0) is 26.2 Å². The summed E-state index contributed by atoms with van der Waals surface area (Å²) in [5.41, 5.74) is 0.882. The highest BCUT2D eigenvalue weighted by atomic mass is 35.5. The van der Waals surface area contributed by atoms with Crippen molar-refractivity contribution in [2.24, 2.45) is 0 Å². The quantitative estimate of drug-likeness (QED) is 0.481. The number of nitrogens with one attached hydrogen (secondary N) is 1. The molecule has 1 atom stereocenters. The largest absolute Gasteiger partial charge is 0.354 e. The summed E-state index contributed by atoms with van der Waals surface area (Å²) in [5.74, 6) is -1.35. The minimum absolute atomic E-state index is 0.0136. The summed E-state index contributed by atoms with van der Waals surface area (Å²) in [7, 11) is -3.81. The molecular weight excluding hydrogens is 469 g/mol. The van der Waals surface area contributed by atoms with E-state index in [9.17, 15) is 22.4 Å². The van der Waals surface area contributed by atoms with Gasteiger partial charge in [0.25, 0.3) is 0 Å². The molecule has 2 aromatic rings. The van der Waals surface area contributed by atoms with Crippen LogP contribution in [0.2, 0.25) is 5.02 Å². The number of hydrogen-bond acceptors (Lipinski definition) is 4. The Morgan fingerprint density at radius 3 is 2.24 bits per heavy atom. The van der Waals surface area contributed by atoms with Crippen LogP contribution in [0.4, 0.5) is 10.1 Å². The number of benzene rings is 2. The average Bonchev–Trinajstić information content (AvgIpc) is 2.76. The van der Waals surface area contributed by atoms with Gasteiger partial charge in [0.2, 0.25) is 21.8 Å². The standard InChI is InChI=1S/C23H29ClFN3O4S/c1-4-5-14-26-23(30)17(2)27(15-18-6-10-20(25)11-7-18)22(29)16-28(33(3,31)32)21-12-8-19(24)9-13-21/h6-13,17H,4-5,14-16H2,1-3H3,(H,26,30)/t17-/m0/s1. The van der Waals surface area contributed by atoms with Gasteiger partial charge >= 0.3 is 0 Å². The highest BCUT2D eigenvalue weighted by Crippen LogP contribution is 2.21. The SMILES string of the molecule is CCCCNC(=O)[C@H](C)N(Cc1ccc(F)cc1)C(=O)CN(c1ccc(Cl)cc1)S(C)(=O)=O. The van der Waals surface area contributed by atoms with Crippen molar-refractivity contribution in [3.8, 4) is 0 Å². The van der Waals surface area contributed by atoms with Crippen LogP contribution in [0.1, 0.15) is 32.3 Å². The van der Waals surface area contributed by atoms with Crippen LogP contribution in [-0.4, -0.2) is 50.5 Å². The second-order valence-corrected chi connectivity index (χ2v) is 10.1. The zero-order chi connectivity index (χ0) is 24.6. The Morgan fingerprint density at radius 2 is 1.70 bits per heavy atom. The molecule has 0 saturated carbocycles. The van der Waals surface area contributed by atoms with E-state index in [1.807, 2.05) is 6.92 Å². The predicted molar refractivity (Wildman–Crippen MR) is 128 cm³/mol. The Balaban J connectivity index is 2.32. The fourth-order valence-electron chi connectivity index (χ4n) is 3.13. The highest BCUT2D eigenvalue weighted by Gasteiger charge is 2.30. The highest BCUT2D eigenvalue weighted by molar-refractivity contribution is 7.92. The number of anilines is 1. The van der Waals surface area contributed by atoms with Crippen molar-refractivity contribution in [3.05, 3.63) is 64.9 Å². The molecule has 0 unspecified atom stereocenters. The van der Waals surface area contributed by atoms with Crippen molar-refractivity contribution in [1.82, 2.24) is 10.2 Å². The minimum Gasteiger partial charge on any atom is -0.354 e. The number of carbonyl (C=O) groups excluding carboxylic acids is 2. The van der Waals surface area contributed by atoms with Gasteiger partial charge in [0.1, 0.15) is 18.4 Å². The van der Waals surface area contributed by atoms with Crippen molar-refractivity contribution in [1.29, 1.82) is 0 Å². The van der Waals surface area contributed by atoms with Gasteiger partial charge in [0, 0.05) is 18.1 Å². The molecule has 0 bridgehead atoms. The number of hydrogen-bond donors (Lipinski definition) is 1. The molecule has 10 heteroatoms. The normalized spacial score (nSPS) is 12.2. The molecular formula is C23H29ClFN3O4S. The van der Waals surface area contributed by atoms with Gasteiger partial charge in [-0.25, -0.2) is 12.8 Å². The molecule has 2 aromatic carbocycles. The van der Waals surface area contributed by atoms with Crippen LogP contribution < -0.4 is 9.62 Å². The lowest BCUT2D eigenvalue weighted by molar-refractivity contribution is -0.139. The first-order valence-electron chi connectivity index (χ1n) is 10.6. The molecule has 0 radical (unpaired) electrons. The molecule has 0 aromatic heterocycles. The molecule has 0 saturated heterocycles. The van der Waals surface area contributed by atoms with Gasteiger partial charge in [-0.15, -0.1) is 0 Å². The third-order valence-electron chi connectivity index (χ3n) is 5.06. The van der Waals surface area contributed by atoms with E-state index in [0.29, 0.717) is 17.1 Å². The van der Waals surface area contributed by atoms with Crippen molar-refractivity contribution in [2.75, 3.05) is 23.7 Å². The van der Waals surface area contributed by atoms with Gasteiger partial charge in [-0.3, -0.25) is 13.9 Å². The average molecular weight is 498 g/mol. The molecule has 7 nitrogen and oxygen atoms in total. The number of amides is 2. The third-order valence-corrected chi connectivity index (χ3v) is 6.45. The molecule has 0 aliphatic carbocycles. The molecule has 180 valence electrons. The van der Waals surface area contributed by atoms with E-state index in [1.54, 1.807) is 6.92 Å². The van der Waals surface area contributed by atoms with E-state index in [4.69, 9.17) is 11.6 Å². The second kappa shape index (κ2) is 12.0. The predicted octanol–water partition coefficient (Wildman–Crippen LogP) is 3.58. The summed E-state index contributed by atoms with van der Waals surface area (Å²) in [6, 6.07) is 10.8. The van der Waals surface area contributed by atoms with Gasteiger partial charge in [-0.1, -0.05) is 37.1 Å². The second-order valence-electron chi connectivity index (χ2n) is 7.71. The molecule has 33 heavy (non-hydrogen) atoms. The van der Waals surface area contributed by atoms with Crippen molar-refractivity contribution < 1.29 is 22.4 Å². The summed E-state index contributed by atoms with van der Waals surface area (Å²) >= 11 is 5.90. The Bertz CT molecular complexity index is 1050. The lowest BCUT2D eigenvalue weighted by Gasteiger charge is -2.31. The summed E-state index contributed by atoms with van der Waals surface area (Å²) in [6.45, 7) is 3.55. The number of rotatable bonds is 11. The zero-order valence-corrected chi connectivity index (χ0v) is 20.5. The minimum atomic E-state index is -3.81. The molecule has 1 N–H and O–H groups in total. The maximum absolute atomic E-state index is 13.3. The summed E-state index contributed by atoms with van der Waals surface area (Å²) < 4.78 is 39.2. The van der Waals surface area contributed by atoms with Crippen molar-refractivity contribution >= 4 is 39.1 Å². The van der Waals surface area contributed by atoms with E-state index in [1.165, 1.54) is 53.4 Å². The maximum atomic E-state index is 13.3. The van der Waals surface area contributed by atoms with Crippen molar-refractivity contribution in [3.63, 3.8) is 0 Å². The lowest BCUT2D eigenvalue weighted by atomic mass is 10.1. The monoisotopic (exact) mass is 497 g/mol. The summed E-state index contributed by atoms with van der Waals surface area (Å²) in [6.07, 6.45) is 2.69. The van der Waals surface area contributed by atoms with Gasteiger partial charge in [0.05, 0.1) is 11.9 Å². The number of sulfonamides is 1. The zero-order valence-electron chi connectivity index (χ0n) is 18.9. The van der Waals surface area contributed by atoms with Gasteiger partial charge < -0.3 is 10.2 Å². The molecule has 0 aliphatic rings. The fourth-order valence-corrected chi connectivity index (χ4v) is 4.10. The summed E-state index contributed by atoms with van der Waals surface area (Å²) in [5, 5.41) is 3.22. The number of halogens is 2. The van der Waals surface area contributed by atoms with E-state index in [0.717, 1.165) is 23.4 Å². The Hall–Kier alpha value is -2.65. The van der Waals surface area contributed by atoms with E-state index in [-0.39, 0.29) is 18.1 Å². The van der Waals surface area contributed by atoms with Crippen LogP contribution >= 0.6 is 11.6 Å². The third kappa shape index (κ3) is 8.01.